The van der Waals surface area contributed by atoms with Gasteiger partial charge in [-0.25, -0.2) is 0 Å². The molecule has 0 spiro atoms. The zero-order valence-electron chi connectivity index (χ0n) is 11.3. The first-order chi connectivity index (χ1) is 7.32. The monoisotopic (exact) mass is 291 g/mol. The van der Waals surface area contributed by atoms with E-state index in [-0.39, 0.29) is 5.41 Å². The fraction of sp³-hybridized carbons (Fsp3) is 0.923. The molecule has 3 heteroatoms. The molecule has 0 aromatic carbocycles. The highest BCUT2D eigenvalue weighted by Gasteiger charge is 2.24. The molecule has 0 N–H and O–H groups in total. The summed E-state index contributed by atoms with van der Waals surface area (Å²) in [5.74, 6) is 0.726. The van der Waals surface area contributed by atoms with Gasteiger partial charge in [0.1, 0.15) is 0 Å². The summed E-state index contributed by atoms with van der Waals surface area (Å²) in [7, 11) is 0. The number of nitrogens with zero attached hydrogens (tertiary/aromatic N) is 1. The molecule has 0 aliphatic heterocycles. The normalized spacial score (nSPS) is 13.6. The van der Waals surface area contributed by atoms with E-state index >= 15 is 0 Å². The van der Waals surface area contributed by atoms with Crippen molar-refractivity contribution in [2.75, 3.05) is 18.4 Å². The molecule has 16 heavy (non-hydrogen) atoms. The lowest BCUT2D eigenvalue weighted by molar-refractivity contribution is -0.132. The number of rotatable bonds is 6. The molecule has 0 radical (unpaired) electrons. The second-order valence-electron chi connectivity index (χ2n) is 5.49. The summed E-state index contributed by atoms with van der Waals surface area (Å²) in [6.07, 6.45) is 1.70. The van der Waals surface area contributed by atoms with Gasteiger partial charge in [-0.1, -0.05) is 43.6 Å². The van der Waals surface area contributed by atoms with E-state index in [2.05, 4.69) is 43.6 Å². The molecule has 0 bridgehead atoms. The smallest absolute Gasteiger partial charge is 0.222 e. The minimum atomic E-state index is 0.213. The van der Waals surface area contributed by atoms with Crippen LogP contribution in [0, 0.1) is 11.3 Å². The molecular formula is C13H26BrNO. The minimum absolute atomic E-state index is 0.213. The van der Waals surface area contributed by atoms with E-state index in [4.69, 9.17) is 0 Å². The zero-order valence-corrected chi connectivity index (χ0v) is 12.9. The molecule has 1 unspecified atom stereocenters. The minimum Gasteiger partial charge on any atom is -0.343 e. The number of carbonyl (C=O) groups is 1. The van der Waals surface area contributed by atoms with Gasteiger partial charge < -0.3 is 4.90 Å². The number of hydrogen-bond donors (Lipinski definition) is 0. The summed E-state index contributed by atoms with van der Waals surface area (Å²) >= 11 is 3.40. The molecule has 0 fully saturated rings. The van der Waals surface area contributed by atoms with Crippen LogP contribution in [-0.2, 0) is 4.79 Å². The van der Waals surface area contributed by atoms with Gasteiger partial charge in [0, 0.05) is 24.8 Å². The number of amides is 1. The van der Waals surface area contributed by atoms with E-state index in [1.807, 2.05) is 11.8 Å². The third-order valence-electron chi connectivity index (χ3n) is 3.26. The summed E-state index contributed by atoms with van der Waals surface area (Å²) in [5.41, 5.74) is 0.213. The predicted octanol–water partition coefficient (Wildman–Crippen LogP) is 3.69. The molecule has 0 saturated heterocycles. The molecule has 0 aliphatic carbocycles. The van der Waals surface area contributed by atoms with Crippen molar-refractivity contribution in [3.05, 3.63) is 0 Å². The summed E-state index contributed by atoms with van der Waals surface area (Å²) < 4.78 is 0. The third kappa shape index (κ3) is 5.88. The Morgan fingerprint density at radius 3 is 2.31 bits per heavy atom. The van der Waals surface area contributed by atoms with Crippen LogP contribution in [0.25, 0.3) is 0 Å². The fourth-order valence-corrected chi connectivity index (χ4v) is 1.66. The van der Waals surface area contributed by atoms with Crippen LogP contribution in [-0.4, -0.2) is 29.2 Å². The van der Waals surface area contributed by atoms with Gasteiger partial charge in [0.2, 0.25) is 5.91 Å². The van der Waals surface area contributed by atoms with Gasteiger partial charge in [0.25, 0.3) is 0 Å². The summed E-state index contributed by atoms with van der Waals surface area (Å²) in [4.78, 5) is 14.0. The molecule has 2 nitrogen and oxygen atoms in total. The summed E-state index contributed by atoms with van der Waals surface area (Å²) in [6.45, 7) is 12.5. The quantitative estimate of drug-likeness (QED) is 0.684. The summed E-state index contributed by atoms with van der Waals surface area (Å²) in [5, 5.41) is 0.964. The fourth-order valence-electron chi connectivity index (χ4n) is 1.41. The van der Waals surface area contributed by atoms with Crippen LogP contribution in [0.5, 0.6) is 0 Å². The second-order valence-corrected chi connectivity index (χ2v) is 6.28. The lowest BCUT2D eigenvalue weighted by atomic mass is 9.80. The van der Waals surface area contributed by atoms with Crippen molar-refractivity contribution in [1.29, 1.82) is 0 Å². The molecule has 1 amide bonds. The van der Waals surface area contributed by atoms with E-state index in [1.165, 1.54) is 0 Å². The maximum Gasteiger partial charge on any atom is 0.222 e. The number of halogens is 1. The van der Waals surface area contributed by atoms with E-state index in [1.54, 1.807) is 0 Å². The van der Waals surface area contributed by atoms with Gasteiger partial charge in [0.15, 0.2) is 0 Å². The van der Waals surface area contributed by atoms with Crippen LogP contribution in [0.3, 0.4) is 0 Å². The molecule has 0 heterocycles. The topological polar surface area (TPSA) is 20.3 Å². The molecule has 0 aromatic heterocycles. The Labute approximate surface area is 109 Å². The van der Waals surface area contributed by atoms with Gasteiger partial charge in [0.05, 0.1) is 0 Å². The summed E-state index contributed by atoms with van der Waals surface area (Å²) in [6, 6.07) is 0. The molecule has 0 rings (SSSR count). The predicted molar refractivity (Wildman–Crippen MR) is 73.9 cm³/mol. The van der Waals surface area contributed by atoms with Crippen LogP contribution >= 0.6 is 15.9 Å². The Hall–Kier alpha value is -0.0500. The molecule has 0 aromatic rings. The maximum atomic E-state index is 12.0. The number of hydrogen-bond acceptors (Lipinski definition) is 1. The van der Waals surface area contributed by atoms with Crippen LogP contribution in [0.1, 0.15) is 47.5 Å². The van der Waals surface area contributed by atoms with E-state index < -0.39 is 0 Å². The van der Waals surface area contributed by atoms with Crippen molar-refractivity contribution in [2.45, 2.75) is 47.5 Å². The Kier molecular flexibility index (Phi) is 7.29. The van der Waals surface area contributed by atoms with Crippen LogP contribution in [0.2, 0.25) is 0 Å². The van der Waals surface area contributed by atoms with Crippen molar-refractivity contribution in [3.63, 3.8) is 0 Å². The van der Waals surface area contributed by atoms with E-state index in [0.717, 1.165) is 24.8 Å². The average molecular weight is 292 g/mol. The van der Waals surface area contributed by atoms with Crippen LogP contribution in [0.4, 0.5) is 0 Å². The number of carbonyl (C=O) groups excluding carboxylic acids is 1. The van der Waals surface area contributed by atoms with Gasteiger partial charge in [-0.05, 0) is 24.7 Å². The lowest BCUT2D eigenvalue weighted by Gasteiger charge is -2.29. The largest absolute Gasteiger partial charge is 0.343 e. The van der Waals surface area contributed by atoms with Gasteiger partial charge in [-0.2, -0.15) is 0 Å². The van der Waals surface area contributed by atoms with Crippen molar-refractivity contribution < 1.29 is 4.79 Å². The number of alkyl halides is 1. The van der Waals surface area contributed by atoms with Gasteiger partial charge >= 0.3 is 0 Å². The highest BCUT2D eigenvalue weighted by atomic mass is 79.9. The standard InChI is InChI=1S/C13H26BrNO/c1-6-15(9-7-8-14)12(16)10-11(2)13(3,4)5/h11H,6-10H2,1-5H3. The van der Waals surface area contributed by atoms with E-state index in [0.29, 0.717) is 18.2 Å². The maximum absolute atomic E-state index is 12.0. The molecule has 96 valence electrons. The molecule has 0 aliphatic rings. The Bertz CT molecular complexity index is 210. The molecule has 0 saturated carbocycles. The highest BCUT2D eigenvalue weighted by Crippen LogP contribution is 2.28. The van der Waals surface area contributed by atoms with Gasteiger partial charge in [-0.15, -0.1) is 0 Å². The van der Waals surface area contributed by atoms with Crippen molar-refractivity contribution in [3.8, 4) is 0 Å². The first kappa shape index (κ1) is 16.0. The first-order valence-electron chi connectivity index (χ1n) is 6.16. The zero-order chi connectivity index (χ0) is 12.8. The third-order valence-corrected chi connectivity index (χ3v) is 3.82. The Morgan fingerprint density at radius 1 is 1.38 bits per heavy atom. The average Bonchev–Trinajstić information content (AvgIpc) is 2.17. The second kappa shape index (κ2) is 7.31. The van der Waals surface area contributed by atoms with E-state index in [9.17, 15) is 4.79 Å². The van der Waals surface area contributed by atoms with Crippen LogP contribution in [0.15, 0.2) is 0 Å². The van der Waals surface area contributed by atoms with Crippen molar-refractivity contribution in [2.24, 2.45) is 11.3 Å². The van der Waals surface area contributed by atoms with Gasteiger partial charge in [-0.3, -0.25) is 4.79 Å². The van der Waals surface area contributed by atoms with Crippen molar-refractivity contribution >= 4 is 21.8 Å². The first-order valence-corrected chi connectivity index (χ1v) is 7.28. The highest BCUT2D eigenvalue weighted by molar-refractivity contribution is 9.09. The Morgan fingerprint density at radius 2 is 1.94 bits per heavy atom. The molecular weight excluding hydrogens is 266 g/mol. The Balaban J connectivity index is 4.21. The van der Waals surface area contributed by atoms with Crippen LogP contribution < -0.4 is 0 Å². The van der Waals surface area contributed by atoms with Crippen molar-refractivity contribution in [1.82, 2.24) is 4.90 Å². The lowest BCUT2D eigenvalue weighted by Crippen LogP contribution is -2.34. The SMILES string of the molecule is CCN(CCCBr)C(=O)CC(C)C(C)(C)C. The molecule has 1 atom stereocenters.